The Morgan fingerprint density at radius 1 is 1.07 bits per heavy atom. The molecule has 2 nitrogen and oxygen atoms in total. The summed E-state index contributed by atoms with van der Waals surface area (Å²) in [4.78, 5) is 0. The van der Waals surface area contributed by atoms with E-state index in [0.717, 1.165) is 0 Å². The maximum absolute atomic E-state index is 3.70. The van der Waals surface area contributed by atoms with Gasteiger partial charge in [0.25, 0.3) is 0 Å². The normalized spacial score (nSPS) is 26.8. The first-order valence-corrected chi connectivity index (χ1v) is 5.76. The van der Waals surface area contributed by atoms with Crippen LogP contribution in [0.25, 0.3) is 0 Å². The Labute approximate surface area is 88.8 Å². The lowest BCUT2D eigenvalue weighted by atomic mass is 9.79. The van der Waals surface area contributed by atoms with Crippen LogP contribution in [0, 0.1) is 0 Å². The summed E-state index contributed by atoms with van der Waals surface area (Å²) in [5.74, 6) is 0. The highest BCUT2D eigenvalue weighted by Gasteiger charge is 2.37. The highest BCUT2D eigenvalue weighted by Crippen LogP contribution is 2.28. The maximum Gasteiger partial charge on any atom is 0.0144 e. The van der Waals surface area contributed by atoms with Gasteiger partial charge >= 0.3 is 0 Å². The van der Waals surface area contributed by atoms with E-state index in [1.807, 2.05) is 0 Å². The van der Waals surface area contributed by atoms with Crippen LogP contribution in [0.1, 0.15) is 54.4 Å². The topological polar surface area (TPSA) is 24.1 Å². The highest BCUT2D eigenvalue weighted by molar-refractivity contribution is 4.99. The maximum atomic E-state index is 3.70. The largest absolute Gasteiger partial charge is 0.312 e. The van der Waals surface area contributed by atoms with Gasteiger partial charge in [0.2, 0.25) is 0 Å². The lowest BCUT2D eigenvalue weighted by Gasteiger charge is -2.47. The van der Waals surface area contributed by atoms with E-state index in [0.29, 0.717) is 12.1 Å². The molecule has 2 N–H and O–H groups in total. The van der Waals surface area contributed by atoms with Gasteiger partial charge in [0.15, 0.2) is 0 Å². The van der Waals surface area contributed by atoms with E-state index in [1.165, 1.54) is 12.8 Å². The van der Waals surface area contributed by atoms with Crippen molar-refractivity contribution in [3.05, 3.63) is 0 Å². The van der Waals surface area contributed by atoms with Crippen molar-refractivity contribution in [1.82, 2.24) is 10.6 Å². The minimum absolute atomic E-state index is 0.258. The van der Waals surface area contributed by atoms with Crippen LogP contribution >= 0.6 is 0 Å². The van der Waals surface area contributed by atoms with Crippen LogP contribution in [0.2, 0.25) is 0 Å². The van der Waals surface area contributed by atoms with E-state index in [2.05, 4.69) is 52.2 Å². The summed E-state index contributed by atoms with van der Waals surface area (Å²) in [5, 5.41) is 7.35. The molecule has 0 spiro atoms. The summed E-state index contributed by atoms with van der Waals surface area (Å²) in [6.07, 6.45) is 2.43. The molecule has 1 aliphatic heterocycles. The van der Waals surface area contributed by atoms with Gasteiger partial charge in [-0.25, -0.2) is 0 Å². The molecule has 0 saturated carbocycles. The Morgan fingerprint density at radius 2 is 1.50 bits per heavy atom. The van der Waals surface area contributed by atoms with Crippen LogP contribution < -0.4 is 10.6 Å². The summed E-state index contributed by atoms with van der Waals surface area (Å²) < 4.78 is 0. The van der Waals surface area contributed by atoms with E-state index in [-0.39, 0.29) is 11.1 Å². The molecule has 0 unspecified atom stereocenters. The van der Waals surface area contributed by atoms with Gasteiger partial charge in [0.1, 0.15) is 0 Å². The minimum Gasteiger partial charge on any atom is -0.312 e. The molecule has 1 heterocycles. The van der Waals surface area contributed by atoms with Crippen LogP contribution in [-0.2, 0) is 0 Å². The zero-order valence-corrected chi connectivity index (χ0v) is 10.6. The van der Waals surface area contributed by atoms with Crippen molar-refractivity contribution in [3.8, 4) is 0 Å². The molecule has 84 valence electrons. The third-order valence-electron chi connectivity index (χ3n) is 2.76. The molecular weight excluding hydrogens is 172 g/mol. The lowest BCUT2D eigenvalue weighted by molar-refractivity contribution is 0.142. The molecule has 0 aliphatic carbocycles. The zero-order valence-electron chi connectivity index (χ0n) is 10.6. The van der Waals surface area contributed by atoms with Crippen molar-refractivity contribution in [2.75, 3.05) is 0 Å². The number of nitrogens with one attached hydrogen (secondary N) is 2. The van der Waals surface area contributed by atoms with Gasteiger partial charge in [-0.05, 0) is 40.5 Å². The van der Waals surface area contributed by atoms with Crippen molar-refractivity contribution >= 4 is 0 Å². The van der Waals surface area contributed by atoms with Gasteiger partial charge in [-0.15, -0.1) is 0 Å². The fourth-order valence-electron chi connectivity index (χ4n) is 2.91. The predicted octanol–water partition coefficient (Wildman–Crippen LogP) is 2.29. The summed E-state index contributed by atoms with van der Waals surface area (Å²) in [6, 6.07) is 1.24. The van der Waals surface area contributed by atoms with Gasteiger partial charge < -0.3 is 10.6 Å². The van der Waals surface area contributed by atoms with Crippen LogP contribution in [0.4, 0.5) is 0 Å². The summed E-state index contributed by atoms with van der Waals surface area (Å²) >= 11 is 0. The fourth-order valence-corrected chi connectivity index (χ4v) is 2.91. The number of rotatable bonds is 2. The predicted molar refractivity (Wildman–Crippen MR) is 62.6 cm³/mol. The molecular formula is C12H26N2. The molecule has 0 aromatic rings. The fraction of sp³-hybridized carbons (Fsp3) is 1.00. The first-order chi connectivity index (χ1) is 6.20. The van der Waals surface area contributed by atoms with Crippen LogP contribution in [0.5, 0.6) is 0 Å². The summed E-state index contributed by atoms with van der Waals surface area (Å²) in [6.45, 7) is 13.6. The molecule has 0 bridgehead atoms. The van der Waals surface area contributed by atoms with Gasteiger partial charge in [-0.1, -0.05) is 13.8 Å². The van der Waals surface area contributed by atoms with Gasteiger partial charge in [0.05, 0.1) is 0 Å². The second kappa shape index (κ2) is 3.82. The molecule has 0 amide bonds. The molecule has 14 heavy (non-hydrogen) atoms. The first-order valence-electron chi connectivity index (χ1n) is 5.76. The number of piperidine rings is 1. The highest BCUT2D eigenvalue weighted by atomic mass is 15.1. The zero-order chi connectivity index (χ0) is 11.0. The molecule has 1 saturated heterocycles. The van der Waals surface area contributed by atoms with Crippen LogP contribution in [0.15, 0.2) is 0 Å². The van der Waals surface area contributed by atoms with Crippen LogP contribution in [-0.4, -0.2) is 23.2 Å². The van der Waals surface area contributed by atoms with Gasteiger partial charge in [-0.3, -0.25) is 0 Å². The minimum atomic E-state index is 0.258. The molecule has 1 rings (SSSR count). The Morgan fingerprint density at radius 3 is 1.86 bits per heavy atom. The van der Waals surface area contributed by atoms with E-state index in [4.69, 9.17) is 0 Å². The molecule has 0 aromatic heterocycles. The van der Waals surface area contributed by atoms with Crippen molar-refractivity contribution in [3.63, 3.8) is 0 Å². The third kappa shape index (κ3) is 3.58. The third-order valence-corrected chi connectivity index (χ3v) is 2.76. The van der Waals surface area contributed by atoms with E-state index in [9.17, 15) is 0 Å². The van der Waals surface area contributed by atoms with E-state index >= 15 is 0 Å². The second-order valence-electron chi connectivity index (χ2n) is 6.32. The molecule has 0 radical (unpaired) electrons. The monoisotopic (exact) mass is 198 g/mol. The van der Waals surface area contributed by atoms with Crippen molar-refractivity contribution in [1.29, 1.82) is 0 Å². The van der Waals surface area contributed by atoms with Crippen molar-refractivity contribution < 1.29 is 0 Å². The summed E-state index contributed by atoms with van der Waals surface area (Å²) in [7, 11) is 0. The SMILES string of the molecule is CC(C)NC1CC(C)(C)NC(C)(C)C1. The lowest BCUT2D eigenvalue weighted by Crippen LogP contribution is -2.62. The number of hydrogen-bond acceptors (Lipinski definition) is 2. The number of hydrogen-bond donors (Lipinski definition) is 2. The van der Waals surface area contributed by atoms with E-state index in [1.54, 1.807) is 0 Å². The van der Waals surface area contributed by atoms with Crippen LogP contribution in [0.3, 0.4) is 0 Å². The van der Waals surface area contributed by atoms with E-state index < -0.39 is 0 Å². The standard InChI is InChI=1S/C12H26N2/c1-9(2)13-10-7-11(3,4)14-12(5,6)8-10/h9-10,13-14H,7-8H2,1-6H3. The smallest absolute Gasteiger partial charge is 0.0144 e. The average Bonchev–Trinajstić information content (AvgIpc) is 1.74. The Kier molecular flexibility index (Phi) is 3.27. The molecule has 1 fully saturated rings. The quantitative estimate of drug-likeness (QED) is 0.711. The molecule has 1 aliphatic rings. The molecule has 0 atom stereocenters. The van der Waals surface area contributed by atoms with Gasteiger partial charge in [0, 0.05) is 23.2 Å². The second-order valence-corrected chi connectivity index (χ2v) is 6.32. The Balaban J connectivity index is 2.62. The summed E-state index contributed by atoms with van der Waals surface area (Å²) in [5.41, 5.74) is 0.516. The average molecular weight is 198 g/mol. The van der Waals surface area contributed by atoms with Crippen molar-refractivity contribution in [2.24, 2.45) is 0 Å². The Hall–Kier alpha value is -0.0800. The first kappa shape index (κ1) is 12.0. The Bertz CT molecular complexity index is 178. The molecule has 0 aromatic carbocycles. The van der Waals surface area contributed by atoms with Crippen molar-refractivity contribution in [2.45, 2.75) is 77.5 Å². The molecule has 2 heteroatoms. The van der Waals surface area contributed by atoms with Gasteiger partial charge in [-0.2, -0.15) is 0 Å².